The number of ether oxygens (including phenoxy) is 2. The second kappa shape index (κ2) is 18.9. The molecule has 6 aromatic rings. The number of carbonyl (C=O) groups excluding carboxylic acids is 3. The lowest BCUT2D eigenvalue weighted by molar-refractivity contribution is -0.179. The number of esters is 1. The minimum atomic E-state index is -1.66. The molecule has 1 aromatic heterocycles. The SMILES string of the molecule is CN(CC#Cc1ccc2c(c1)C1(C(=O)N2)C(C(=O)N2CCN(c3ncccn3)CC2)C2C(=O)OC(c3ccccc3)C(c3ccccc3)N2C1c1ccc(OCCO)cc1)Cc1ccccc1. The molecular formula is C54H51N7O6. The van der Waals surface area contributed by atoms with Crippen LogP contribution < -0.4 is 15.0 Å². The molecule has 13 heteroatoms. The third-order valence-corrected chi connectivity index (χ3v) is 13.4. The number of hydrogen-bond acceptors (Lipinski definition) is 11. The maximum Gasteiger partial charge on any atom is 0.324 e. The van der Waals surface area contributed by atoms with E-state index in [4.69, 9.17) is 9.47 Å². The number of piperazine rings is 1. The van der Waals surface area contributed by atoms with Crippen molar-refractivity contribution >= 4 is 29.4 Å². The van der Waals surface area contributed by atoms with Crippen molar-refractivity contribution in [2.75, 3.05) is 63.2 Å². The summed E-state index contributed by atoms with van der Waals surface area (Å²) in [5.41, 5.74) is 3.68. The highest BCUT2D eigenvalue weighted by Gasteiger charge is 2.74. The van der Waals surface area contributed by atoms with Crippen molar-refractivity contribution in [3.63, 3.8) is 0 Å². The molecule has 10 rings (SSSR count). The molecule has 0 saturated carbocycles. The molecule has 5 heterocycles. The smallest absolute Gasteiger partial charge is 0.324 e. The fourth-order valence-corrected chi connectivity index (χ4v) is 10.6. The molecule has 2 N–H and O–H groups in total. The van der Waals surface area contributed by atoms with Gasteiger partial charge in [0.1, 0.15) is 29.9 Å². The normalized spacial score (nSPS) is 23.2. The Morgan fingerprint density at radius 3 is 2.18 bits per heavy atom. The van der Waals surface area contributed by atoms with E-state index in [-0.39, 0.29) is 25.0 Å². The van der Waals surface area contributed by atoms with Gasteiger partial charge >= 0.3 is 5.97 Å². The Morgan fingerprint density at radius 2 is 1.49 bits per heavy atom. The van der Waals surface area contributed by atoms with Gasteiger partial charge in [-0.3, -0.25) is 24.2 Å². The van der Waals surface area contributed by atoms with E-state index in [0.717, 1.165) is 17.7 Å². The Balaban J connectivity index is 1.14. The molecule has 0 bridgehead atoms. The number of aliphatic hydroxyl groups is 1. The number of amides is 2. The lowest BCUT2D eigenvalue weighted by Gasteiger charge is -2.46. The fraction of sp³-hybridized carbons (Fsp3) is 0.278. The standard InChI is InChI=1S/C54H51N7O6/c1-58(36-38-13-5-2-6-14-38)28-11-15-37-20-25-44-43(35-37)54(52(65)57-44)45(50(63)59-29-31-60(32-30-59)53-55-26-12-27-56-53)47-51(64)67-48(40-18-9-4-10-19-40)46(39-16-7-3-8-17-39)61(47)49(54)41-21-23-42(24-22-41)66-34-33-62/h2-10,12-14,16-27,35,45-49,62H,28-34,36H2,1H3,(H,57,65). The monoisotopic (exact) mass is 893 g/mol. The van der Waals surface area contributed by atoms with Crippen LogP contribution in [0.15, 0.2) is 152 Å². The topological polar surface area (TPSA) is 141 Å². The molecule has 0 radical (unpaired) electrons. The summed E-state index contributed by atoms with van der Waals surface area (Å²) in [5, 5.41) is 12.8. The van der Waals surface area contributed by atoms with Crippen molar-refractivity contribution in [3.8, 4) is 17.6 Å². The van der Waals surface area contributed by atoms with E-state index in [9.17, 15) is 5.11 Å². The van der Waals surface area contributed by atoms with Gasteiger partial charge in [0.05, 0.1) is 31.2 Å². The number of carbonyl (C=O) groups is 3. The average molecular weight is 894 g/mol. The number of nitrogens with zero attached hydrogens (tertiary/aromatic N) is 6. The number of aliphatic hydroxyl groups excluding tert-OH is 1. The van der Waals surface area contributed by atoms with Crippen LogP contribution in [0.4, 0.5) is 11.6 Å². The summed E-state index contributed by atoms with van der Waals surface area (Å²) in [5.74, 6) is 5.29. The van der Waals surface area contributed by atoms with Crippen LogP contribution in [0.3, 0.4) is 0 Å². The van der Waals surface area contributed by atoms with Gasteiger partial charge in [-0.05, 0) is 71.3 Å². The molecule has 338 valence electrons. The van der Waals surface area contributed by atoms with Gasteiger partial charge in [-0.25, -0.2) is 9.97 Å². The van der Waals surface area contributed by atoms with Crippen LogP contribution in [0.25, 0.3) is 0 Å². The van der Waals surface area contributed by atoms with Crippen LogP contribution in [0.2, 0.25) is 0 Å². The zero-order valence-electron chi connectivity index (χ0n) is 37.1. The third-order valence-electron chi connectivity index (χ3n) is 13.4. The predicted molar refractivity (Wildman–Crippen MR) is 253 cm³/mol. The summed E-state index contributed by atoms with van der Waals surface area (Å²) in [6.45, 7) is 2.70. The number of fused-ring (bicyclic) bond motifs is 3. The maximum atomic E-state index is 16.0. The fourth-order valence-electron chi connectivity index (χ4n) is 10.6. The summed E-state index contributed by atoms with van der Waals surface area (Å²) in [6, 6.07) is 41.9. The van der Waals surface area contributed by atoms with Crippen molar-refractivity contribution in [2.24, 2.45) is 5.92 Å². The van der Waals surface area contributed by atoms with Crippen LogP contribution in [0.5, 0.6) is 5.75 Å². The molecule has 13 nitrogen and oxygen atoms in total. The van der Waals surface area contributed by atoms with Gasteiger partial charge in [0, 0.05) is 56.4 Å². The number of anilines is 2. The summed E-state index contributed by atoms with van der Waals surface area (Å²) in [7, 11) is 2.02. The highest BCUT2D eigenvalue weighted by molar-refractivity contribution is 6.12. The van der Waals surface area contributed by atoms with E-state index in [1.54, 1.807) is 23.4 Å². The van der Waals surface area contributed by atoms with Crippen molar-refractivity contribution in [1.82, 2.24) is 24.7 Å². The van der Waals surface area contributed by atoms with Gasteiger partial charge < -0.3 is 29.7 Å². The van der Waals surface area contributed by atoms with Crippen molar-refractivity contribution < 1.29 is 29.0 Å². The van der Waals surface area contributed by atoms with Gasteiger partial charge in [-0.2, -0.15) is 0 Å². The molecule has 5 aromatic carbocycles. The minimum Gasteiger partial charge on any atom is -0.491 e. The number of nitrogens with one attached hydrogen (secondary N) is 1. The highest BCUT2D eigenvalue weighted by atomic mass is 16.6. The second-order valence-electron chi connectivity index (χ2n) is 17.4. The van der Waals surface area contributed by atoms with Crippen molar-refractivity contribution in [2.45, 2.75) is 36.2 Å². The molecule has 6 unspecified atom stereocenters. The number of rotatable bonds is 11. The van der Waals surface area contributed by atoms with E-state index < -0.39 is 41.5 Å². The Bertz CT molecular complexity index is 2780. The van der Waals surface area contributed by atoms with Crippen molar-refractivity contribution in [3.05, 3.63) is 185 Å². The predicted octanol–water partition coefficient (Wildman–Crippen LogP) is 5.95. The highest BCUT2D eigenvalue weighted by Crippen LogP contribution is 2.65. The van der Waals surface area contributed by atoms with E-state index in [1.807, 2.05) is 133 Å². The summed E-state index contributed by atoms with van der Waals surface area (Å²) < 4.78 is 12.5. The largest absolute Gasteiger partial charge is 0.491 e. The van der Waals surface area contributed by atoms with E-state index in [2.05, 4.69) is 49.1 Å². The molecule has 0 aliphatic carbocycles. The number of benzene rings is 5. The van der Waals surface area contributed by atoms with Gasteiger partial charge in [-0.15, -0.1) is 0 Å². The van der Waals surface area contributed by atoms with E-state index in [1.165, 1.54) is 5.56 Å². The number of aromatic nitrogens is 2. The molecule has 6 atom stereocenters. The van der Waals surface area contributed by atoms with Gasteiger partial charge in [0.2, 0.25) is 17.8 Å². The van der Waals surface area contributed by atoms with Crippen LogP contribution in [-0.2, 0) is 31.1 Å². The average Bonchev–Trinajstić information content (AvgIpc) is 3.85. The summed E-state index contributed by atoms with van der Waals surface area (Å²) in [4.78, 5) is 64.0. The molecular weight excluding hydrogens is 843 g/mol. The third kappa shape index (κ3) is 8.18. The Morgan fingerprint density at radius 1 is 0.821 bits per heavy atom. The molecule has 4 aliphatic heterocycles. The zero-order chi connectivity index (χ0) is 45.9. The van der Waals surface area contributed by atoms with E-state index in [0.29, 0.717) is 66.8 Å². The lowest BCUT2D eigenvalue weighted by atomic mass is 9.65. The zero-order valence-corrected chi connectivity index (χ0v) is 37.1. The first kappa shape index (κ1) is 43.5. The Kier molecular flexibility index (Phi) is 12.2. The van der Waals surface area contributed by atoms with E-state index >= 15 is 14.4 Å². The molecule has 2 amide bonds. The van der Waals surface area contributed by atoms with Crippen molar-refractivity contribution in [1.29, 1.82) is 0 Å². The number of morpholine rings is 1. The van der Waals surface area contributed by atoms with Gasteiger partial charge in [0.25, 0.3) is 0 Å². The van der Waals surface area contributed by atoms with Crippen LogP contribution in [0.1, 0.15) is 51.6 Å². The first-order chi connectivity index (χ1) is 32.8. The van der Waals surface area contributed by atoms with Crippen LogP contribution in [0, 0.1) is 17.8 Å². The first-order valence-corrected chi connectivity index (χ1v) is 22.7. The molecule has 3 fully saturated rings. The maximum absolute atomic E-state index is 16.0. The van der Waals surface area contributed by atoms with Gasteiger partial charge in [0.15, 0.2) is 0 Å². The second-order valence-corrected chi connectivity index (χ2v) is 17.4. The van der Waals surface area contributed by atoms with Crippen LogP contribution in [-0.4, -0.2) is 107 Å². The lowest BCUT2D eigenvalue weighted by Crippen LogP contribution is -2.58. The summed E-state index contributed by atoms with van der Waals surface area (Å²) in [6.07, 6.45) is 2.59. The number of cyclic esters (lactones) is 1. The Hall–Kier alpha value is -7.37. The minimum absolute atomic E-state index is 0.101. The van der Waals surface area contributed by atoms with Gasteiger partial charge in [-0.1, -0.05) is 115 Å². The quantitative estimate of drug-likeness (QED) is 0.118. The summed E-state index contributed by atoms with van der Waals surface area (Å²) >= 11 is 0. The Labute approximate surface area is 390 Å². The molecule has 67 heavy (non-hydrogen) atoms. The van der Waals surface area contributed by atoms with Crippen LogP contribution >= 0.6 is 0 Å². The first-order valence-electron chi connectivity index (χ1n) is 22.7. The molecule has 4 aliphatic rings. The number of hydrogen-bond donors (Lipinski definition) is 2. The molecule has 1 spiro atoms. The molecule has 3 saturated heterocycles.